The molecule has 0 radical (unpaired) electrons. The van der Waals surface area contributed by atoms with Crippen LogP contribution in [-0.4, -0.2) is 25.7 Å². The van der Waals surface area contributed by atoms with Crippen LogP contribution in [0.25, 0.3) is 0 Å². The topological polar surface area (TPSA) is 38.3 Å². The fourth-order valence-corrected chi connectivity index (χ4v) is 1.87. The molecule has 0 saturated carbocycles. The largest absolute Gasteiger partial charge is 0.381 e. The SMILES string of the molecule is COC(C(C)C)[C@H]1CNC(=O)C1. The van der Waals surface area contributed by atoms with Crippen LogP contribution in [0.5, 0.6) is 0 Å². The molecule has 1 amide bonds. The maximum atomic E-state index is 10.9. The van der Waals surface area contributed by atoms with Gasteiger partial charge in [-0.25, -0.2) is 0 Å². The highest BCUT2D eigenvalue weighted by Gasteiger charge is 2.30. The number of hydrogen-bond acceptors (Lipinski definition) is 2. The Bertz CT molecular complexity index is 168. The van der Waals surface area contributed by atoms with Gasteiger partial charge < -0.3 is 10.1 Å². The van der Waals surface area contributed by atoms with Crippen molar-refractivity contribution in [2.75, 3.05) is 13.7 Å². The molecule has 1 saturated heterocycles. The van der Waals surface area contributed by atoms with E-state index >= 15 is 0 Å². The van der Waals surface area contributed by atoms with Gasteiger partial charge in [0.25, 0.3) is 0 Å². The van der Waals surface area contributed by atoms with Crippen molar-refractivity contribution in [3.63, 3.8) is 0 Å². The molecule has 1 N–H and O–H groups in total. The Kier molecular flexibility index (Phi) is 3.09. The summed E-state index contributed by atoms with van der Waals surface area (Å²) in [4.78, 5) is 10.9. The Hall–Kier alpha value is -0.570. The molecule has 0 spiro atoms. The molecule has 0 aromatic rings. The third kappa shape index (κ3) is 1.97. The maximum Gasteiger partial charge on any atom is 0.220 e. The molecule has 0 bridgehead atoms. The van der Waals surface area contributed by atoms with Gasteiger partial charge in [-0.05, 0) is 5.92 Å². The van der Waals surface area contributed by atoms with Crippen molar-refractivity contribution in [1.29, 1.82) is 0 Å². The van der Waals surface area contributed by atoms with Gasteiger partial charge in [-0.15, -0.1) is 0 Å². The van der Waals surface area contributed by atoms with E-state index in [1.807, 2.05) is 0 Å². The lowest BCUT2D eigenvalue weighted by molar-refractivity contribution is -0.119. The molecule has 1 aliphatic rings. The molecule has 1 aliphatic heterocycles. The fourth-order valence-electron chi connectivity index (χ4n) is 1.87. The van der Waals surface area contributed by atoms with E-state index in [0.717, 1.165) is 6.54 Å². The van der Waals surface area contributed by atoms with Crippen molar-refractivity contribution < 1.29 is 9.53 Å². The summed E-state index contributed by atoms with van der Waals surface area (Å²) in [6.07, 6.45) is 0.834. The van der Waals surface area contributed by atoms with Gasteiger partial charge in [-0.2, -0.15) is 0 Å². The summed E-state index contributed by atoms with van der Waals surface area (Å²) in [6.45, 7) is 5.02. The Morgan fingerprint density at radius 3 is 2.58 bits per heavy atom. The van der Waals surface area contributed by atoms with Crippen molar-refractivity contribution in [2.45, 2.75) is 26.4 Å². The van der Waals surface area contributed by atoms with E-state index in [1.165, 1.54) is 0 Å². The third-order valence-electron chi connectivity index (χ3n) is 2.40. The van der Waals surface area contributed by atoms with E-state index in [4.69, 9.17) is 4.74 Å². The minimum atomic E-state index is 0.155. The predicted octanol–water partition coefficient (Wildman–Crippen LogP) is 0.793. The van der Waals surface area contributed by atoms with Gasteiger partial charge in [0.2, 0.25) is 5.91 Å². The molecule has 0 aromatic carbocycles. The van der Waals surface area contributed by atoms with Crippen molar-refractivity contribution in [2.24, 2.45) is 11.8 Å². The Balaban J connectivity index is 2.49. The fraction of sp³-hybridized carbons (Fsp3) is 0.889. The zero-order valence-electron chi connectivity index (χ0n) is 7.96. The monoisotopic (exact) mass is 171 g/mol. The maximum absolute atomic E-state index is 10.9. The summed E-state index contributed by atoms with van der Waals surface area (Å²) in [7, 11) is 1.72. The molecule has 3 nitrogen and oxygen atoms in total. The lowest BCUT2D eigenvalue weighted by Crippen LogP contribution is -2.29. The van der Waals surface area contributed by atoms with E-state index in [-0.39, 0.29) is 12.0 Å². The summed E-state index contributed by atoms with van der Waals surface area (Å²) in [5.74, 6) is 0.998. The van der Waals surface area contributed by atoms with Gasteiger partial charge in [0.1, 0.15) is 0 Å². The van der Waals surface area contributed by atoms with Gasteiger partial charge in [0.05, 0.1) is 6.10 Å². The lowest BCUT2D eigenvalue weighted by atomic mass is 9.92. The van der Waals surface area contributed by atoms with E-state index < -0.39 is 0 Å². The summed E-state index contributed by atoms with van der Waals surface area (Å²) >= 11 is 0. The zero-order chi connectivity index (χ0) is 9.14. The summed E-state index contributed by atoms with van der Waals surface area (Å²) < 4.78 is 5.35. The Morgan fingerprint density at radius 2 is 2.25 bits per heavy atom. The molecule has 0 aromatic heterocycles. The number of nitrogens with one attached hydrogen (secondary N) is 1. The molecule has 1 unspecified atom stereocenters. The van der Waals surface area contributed by atoms with Crippen molar-refractivity contribution in [3.8, 4) is 0 Å². The number of rotatable bonds is 3. The second-order valence-electron chi connectivity index (χ2n) is 3.71. The molecule has 12 heavy (non-hydrogen) atoms. The van der Waals surface area contributed by atoms with Crippen LogP contribution in [0.3, 0.4) is 0 Å². The van der Waals surface area contributed by atoms with Gasteiger partial charge in [0.15, 0.2) is 0 Å². The molecule has 1 rings (SSSR count). The first-order chi connectivity index (χ1) is 5.65. The second-order valence-corrected chi connectivity index (χ2v) is 3.71. The first kappa shape index (κ1) is 9.52. The normalized spacial score (nSPS) is 26.0. The first-order valence-electron chi connectivity index (χ1n) is 4.44. The highest BCUT2D eigenvalue weighted by Crippen LogP contribution is 2.21. The number of amides is 1. The quantitative estimate of drug-likeness (QED) is 0.682. The Morgan fingerprint density at radius 1 is 1.58 bits per heavy atom. The number of carbonyl (C=O) groups excluding carboxylic acids is 1. The summed E-state index contributed by atoms with van der Waals surface area (Å²) in [5.41, 5.74) is 0. The molecule has 2 atom stereocenters. The van der Waals surface area contributed by atoms with Gasteiger partial charge >= 0.3 is 0 Å². The van der Waals surface area contributed by atoms with Crippen molar-refractivity contribution >= 4 is 5.91 Å². The van der Waals surface area contributed by atoms with E-state index in [9.17, 15) is 4.79 Å². The van der Waals surface area contributed by atoms with Crippen LogP contribution >= 0.6 is 0 Å². The highest BCUT2D eigenvalue weighted by atomic mass is 16.5. The van der Waals surface area contributed by atoms with Crippen LogP contribution in [0, 0.1) is 11.8 Å². The van der Waals surface area contributed by atoms with Crippen LogP contribution < -0.4 is 5.32 Å². The van der Waals surface area contributed by atoms with Gasteiger partial charge in [-0.3, -0.25) is 4.79 Å². The van der Waals surface area contributed by atoms with Crippen LogP contribution in [0.1, 0.15) is 20.3 Å². The first-order valence-corrected chi connectivity index (χ1v) is 4.44. The average Bonchev–Trinajstić information content (AvgIpc) is 2.37. The van der Waals surface area contributed by atoms with Crippen LogP contribution in [0.4, 0.5) is 0 Å². The average molecular weight is 171 g/mol. The second kappa shape index (κ2) is 3.90. The van der Waals surface area contributed by atoms with Crippen LogP contribution in [-0.2, 0) is 9.53 Å². The van der Waals surface area contributed by atoms with Crippen molar-refractivity contribution in [3.05, 3.63) is 0 Å². The van der Waals surface area contributed by atoms with Crippen LogP contribution in [0.15, 0.2) is 0 Å². The molecule has 3 heteroatoms. The van der Waals surface area contributed by atoms with Crippen molar-refractivity contribution in [1.82, 2.24) is 5.32 Å². The molecular weight excluding hydrogens is 154 g/mol. The van der Waals surface area contributed by atoms with Gasteiger partial charge in [0, 0.05) is 26.0 Å². The molecule has 1 fully saturated rings. The minimum Gasteiger partial charge on any atom is -0.381 e. The summed E-state index contributed by atoms with van der Waals surface area (Å²) in [6, 6.07) is 0. The van der Waals surface area contributed by atoms with E-state index in [0.29, 0.717) is 18.3 Å². The Labute approximate surface area is 73.5 Å². The van der Waals surface area contributed by atoms with Gasteiger partial charge in [-0.1, -0.05) is 13.8 Å². The minimum absolute atomic E-state index is 0.155. The standard InChI is InChI=1S/C9H17NO2/c1-6(2)9(12-3)7-4-8(11)10-5-7/h6-7,9H,4-5H2,1-3H3,(H,10,11)/t7-,9?/m1/s1. The van der Waals surface area contributed by atoms with E-state index in [2.05, 4.69) is 19.2 Å². The lowest BCUT2D eigenvalue weighted by Gasteiger charge is -2.24. The highest BCUT2D eigenvalue weighted by molar-refractivity contribution is 5.78. The smallest absolute Gasteiger partial charge is 0.220 e. The number of carbonyl (C=O) groups is 1. The predicted molar refractivity (Wildman–Crippen MR) is 46.8 cm³/mol. The molecule has 1 heterocycles. The number of hydrogen-bond donors (Lipinski definition) is 1. The summed E-state index contributed by atoms with van der Waals surface area (Å²) in [5, 5.41) is 2.82. The van der Waals surface area contributed by atoms with Crippen LogP contribution in [0.2, 0.25) is 0 Å². The molecule has 70 valence electrons. The zero-order valence-corrected chi connectivity index (χ0v) is 7.96. The third-order valence-corrected chi connectivity index (χ3v) is 2.40. The number of ether oxygens (including phenoxy) is 1. The number of methoxy groups -OCH3 is 1. The van der Waals surface area contributed by atoms with E-state index in [1.54, 1.807) is 7.11 Å². The molecule has 0 aliphatic carbocycles. The molecular formula is C9H17NO2.